The monoisotopic (exact) mass is 525 g/mol. The van der Waals surface area contributed by atoms with E-state index in [2.05, 4.69) is 10.3 Å². The highest BCUT2D eigenvalue weighted by Gasteiger charge is 2.37. The maximum absolute atomic E-state index is 13.5. The number of anilines is 2. The molecule has 0 fully saturated rings. The third-order valence-corrected chi connectivity index (χ3v) is 7.80. The van der Waals surface area contributed by atoms with Crippen molar-refractivity contribution in [1.82, 2.24) is 4.98 Å². The van der Waals surface area contributed by atoms with Crippen LogP contribution in [0.3, 0.4) is 0 Å². The third-order valence-electron chi connectivity index (χ3n) is 4.95. The minimum Gasteiger partial charge on any atom is -0.485 e. The Hall–Kier alpha value is -3.45. The van der Waals surface area contributed by atoms with Crippen LogP contribution in [0.25, 0.3) is 0 Å². The minimum atomic E-state index is -4.73. The van der Waals surface area contributed by atoms with Gasteiger partial charge in [0, 0.05) is 17.6 Å². The Morgan fingerprint density at radius 3 is 2.66 bits per heavy atom. The first kappa shape index (κ1) is 24.7. The molecule has 0 saturated heterocycles. The summed E-state index contributed by atoms with van der Waals surface area (Å²) in [6.07, 6.45) is -5.14. The average molecular weight is 526 g/mol. The van der Waals surface area contributed by atoms with Gasteiger partial charge in [-0.15, -0.1) is 11.8 Å². The number of hydrogen-bond acceptors (Lipinski definition) is 6. The number of amides is 1. The molecular formula is C22H18F3N3O5S2. The number of ether oxygens (including phenoxy) is 1. The molecule has 0 saturated carbocycles. The zero-order chi connectivity index (χ0) is 25.2. The van der Waals surface area contributed by atoms with Crippen LogP contribution in [-0.2, 0) is 16.2 Å². The molecule has 1 atom stereocenters. The molecule has 1 aliphatic heterocycles. The Balaban J connectivity index is 1.72. The van der Waals surface area contributed by atoms with Gasteiger partial charge in [-0.2, -0.15) is 13.2 Å². The summed E-state index contributed by atoms with van der Waals surface area (Å²) in [4.78, 5) is 14.7. The van der Waals surface area contributed by atoms with Gasteiger partial charge in [-0.1, -0.05) is 12.1 Å². The van der Waals surface area contributed by atoms with Crippen LogP contribution in [0, 0.1) is 0 Å². The Bertz CT molecular complexity index is 1340. The van der Waals surface area contributed by atoms with Gasteiger partial charge in [0.05, 0.1) is 27.7 Å². The SMILES string of the molecule is O=C(O)Nc1ccc2c(c1)N(S(=O)(=O)c1cccc(C(F)(F)F)c1)CC(CSc1ccccn1)O2. The number of nitrogens with zero attached hydrogens (tertiary/aromatic N) is 2. The number of hydrogen-bond donors (Lipinski definition) is 2. The zero-order valence-electron chi connectivity index (χ0n) is 17.8. The van der Waals surface area contributed by atoms with Crippen molar-refractivity contribution >= 4 is 39.3 Å². The molecule has 4 rings (SSSR count). The summed E-state index contributed by atoms with van der Waals surface area (Å²) in [6.45, 7) is -0.206. The number of thioether (sulfide) groups is 1. The highest BCUT2D eigenvalue weighted by atomic mass is 32.2. The summed E-state index contributed by atoms with van der Waals surface area (Å²) in [5, 5.41) is 11.8. The van der Waals surface area contributed by atoms with Crippen LogP contribution in [-0.4, -0.2) is 43.0 Å². The number of carboxylic acid groups (broad SMARTS) is 1. The first-order valence-corrected chi connectivity index (χ1v) is 12.5. The summed E-state index contributed by atoms with van der Waals surface area (Å²) in [7, 11) is -4.47. The fourth-order valence-electron chi connectivity index (χ4n) is 3.40. The Morgan fingerprint density at radius 2 is 1.97 bits per heavy atom. The molecule has 8 nitrogen and oxygen atoms in total. The predicted molar refractivity (Wildman–Crippen MR) is 123 cm³/mol. The molecule has 2 heterocycles. The van der Waals surface area contributed by atoms with Gasteiger partial charge in [-0.05, 0) is 48.5 Å². The molecule has 3 aromatic rings. The van der Waals surface area contributed by atoms with E-state index in [1.165, 1.54) is 30.0 Å². The van der Waals surface area contributed by atoms with E-state index >= 15 is 0 Å². The van der Waals surface area contributed by atoms with E-state index in [0.29, 0.717) is 16.8 Å². The second-order valence-corrected chi connectivity index (χ2v) is 10.3. The molecule has 184 valence electrons. The van der Waals surface area contributed by atoms with E-state index < -0.39 is 38.9 Å². The van der Waals surface area contributed by atoms with Gasteiger partial charge in [0.1, 0.15) is 11.9 Å². The fourth-order valence-corrected chi connectivity index (χ4v) is 5.78. The lowest BCUT2D eigenvalue weighted by atomic mass is 10.2. The normalized spacial score (nSPS) is 15.7. The van der Waals surface area contributed by atoms with E-state index in [1.807, 2.05) is 0 Å². The molecule has 2 N–H and O–H groups in total. The van der Waals surface area contributed by atoms with Crippen LogP contribution in [0.5, 0.6) is 5.75 Å². The quantitative estimate of drug-likeness (QED) is 0.439. The molecule has 0 spiro atoms. The van der Waals surface area contributed by atoms with Gasteiger partial charge in [0.25, 0.3) is 10.0 Å². The van der Waals surface area contributed by atoms with Crippen molar-refractivity contribution < 1.29 is 36.2 Å². The van der Waals surface area contributed by atoms with E-state index in [9.17, 15) is 26.4 Å². The van der Waals surface area contributed by atoms with Gasteiger partial charge in [0.2, 0.25) is 0 Å². The molecule has 0 bridgehead atoms. The van der Waals surface area contributed by atoms with Crippen LogP contribution in [0.15, 0.2) is 76.8 Å². The summed E-state index contributed by atoms with van der Waals surface area (Å²) >= 11 is 1.33. The van der Waals surface area contributed by atoms with Crippen molar-refractivity contribution in [2.45, 2.75) is 22.2 Å². The number of aromatic nitrogens is 1. The Kier molecular flexibility index (Phi) is 6.81. The summed E-state index contributed by atoms with van der Waals surface area (Å²) in [6, 6.07) is 12.9. The minimum absolute atomic E-state index is 0.00717. The second-order valence-electron chi connectivity index (χ2n) is 7.39. The van der Waals surface area contributed by atoms with Crippen molar-refractivity contribution in [2.75, 3.05) is 21.9 Å². The van der Waals surface area contributed by atoms with Crippen molar-refractivity contribution in [3.8, 4) is 5.75 Å². The zero-order valence-corrected chi connectivity index (χ0v) is 19.4. The molecule has 35 heavy (non-hydrogen) atoms. The van der Waals surface area contributed by atoms with Gasteiger partial charge in [-0.3, -0.25) is 9.62 Å². The average Bonchev–Trinajstić information content (AvgIpc) is 2.82. The van der Waals surface area contributed by atoms with Crippen LogP contribution < -0.4 is 14.4 Å². The van der Waals surface area contributed by atoms with Crippen LogP contribution in [0.4, 0.5) is 29.3 Å². The van der Waals surface area contributed by atoms with Gasteiger partial charge in [0.15, 0.2) is 0 Å². The topological polar surface area (TPSA) is 109 Å². The number of nitrogens with one attached hydrogen (secondary N) is 1. The molecule has 1 aromatic heterocycles. The fraction of sp³-hybridized carbons (Fsp3) is 0.182. The lowest BCUT2D eigenvalue weighted by Gasteiger charge is -2.35. The van der Waals surface area contributed by atoms with Crippen LogP contribution in [0.1, 0.15) is 5.56 Å². The summed E-state index contributed by atoms with van der Waals surface area (Å²) in [5.74, 6) is 0.453. The summed E-state index contributed by atoms with van der Waals surface area (Å²) < 4.78 is 73.6. The van der Waals surface area contributed by atoms with E-state index in [-0.39, 0.29) is 23.7 Å². The molecular weight excluding hydrogens is 507 g/mol. The molecule has 1 amide bonds. The van der Waals surface area contributed by atoms with Crippen molar-refractivity contribution in [3.05, 3.63) is 72.4 Å². The van der Waals surface area contributed by atoms with E-state index in [4.69, 9.17) is 9.84 Å². The second kappa shape index (κ2) is 9.66. The van der Waals surface area contributed by atoms with Crippen LogP contribution >= 0.6 is 11.8 Å². The van der Waals surface area contributed by atoms with Gasteiger partial charge >= 0.3 is 12.3 Å². The standard InChI is InChI=1S/C22H18F3N3O5S2/c23-22(24,25)14-4-3-5-17(10-14)35(31,32)28-12-16(13-34-20-6-1-2-9-26-20)33-19-8-7-15(11-18(19)28)27-21(29)30/h1-11,16,27H,12-13H2,(H,29,30). The lowest BCUT2D eigenvalue weighted by molar-refractivity contribution is -0.137. The van der Waals surface area contributed by atoms with Crippen molar-refractivity contribution in [1.29, 1.82) is 0 Å². The number of pyridine rings is 1. The maximum Gasteiger partial charge on any atom is 0.416 e. The van der Waals surface area contributed by atoms with Gasteiger partial charge in [-0.25, -0.2) is 18.2 Å². The smallest absolute Gasteiger partial charge is 0.416 e. The third kappa shape index (κ3) is 5.62. The first-order valence-electron chi connectivity index (χ1n) is 10.1. The number of halogens is 3. The van der Waals surface area contributed by atoms with E-state index in [1.54, 1.807) is 24.4 Å². The van der Waals surface area contributed by atoms with Crippen molar-refractivity contribution in [2.24, 2.45) is 0 Å². The highest BCUT2D eigenvalue weighted by molar-refractivity contribution is 7.99. The molecule has 13 heteroatoms. The number of sulfonamides is 1. The number of fused-ring (bicyclic) bond motifs is 1. The number of carbonyl (C=O) groups is 1. The predicted octanol–water partition coefficient (Wildman–Crippen LogP) is 4.94. The summed E-state index contributed by atoms with van der Waals surface area (Å²) in [5.41, 5.74) is -1.02. The maximum atomic E-state index is 13.5. The highest BCUT2D eigenvalue weighted by Crippen LogP contribution is 2.40. The number of benzene rings is 2. The van der Waals surface area contributed by atoms with E-state index in [0.717, 1.165) is 22.5 Å². The Morgan fingerprint density at radius 1 is 1.17 bits per heavy atom. The molecule has 0 aliphatic carbocycles. The molecule has 1 unspecified atom stereocenters. The molecule has 2 aromatic carbocycles. The first-order chi connectivity index (χ1) is 16.5. The molecule has 0 radical (unpaired) electrons. The van der Waals surface area contributed by atoms with Gasteiger partial charge < -0.3 is 9.84 Å². The van der Waals surface area contributed by atoms with Crippen LogP contribution in [0.2, 0.25) is 0 Å². The molecule has 1 aliphatic rings. The number of alkyl halides is 3. The number of rotatable bonds is 6. The Labute approximate surface area is 202 Å². The largest absolute Gasteiger partial charge is 0.485 e. The lowest BCUT2D eigenvalue weighted by Crippen LogP contribution is -2.44. The van der Waals surface area contributed by atoms with Crippen molar-refractivity contribution in [3.63, 3.8) is 0 Å².